The fourth-order valence-electron chi connectivity index (χ4n) is 3.15. The highest BCUT2D eigenvalue weighted by Gasteiger charge is 2.38. The molecule has 0 radical (unpaired) electrons. The molecule has 0 heterocycles. The van der Waals surface area contributed by atoms with Crippen molar-refractivity contribution in [3.63, 3.8) is 0 Å². The van der Waals surface area contributed by atoms with Crippen molar-refractivity contribution in [2.75, 3.05) is 26.8 Å². The first-order chi connectivity index (χ1) is 8.20. The lowest BCUT2D eigenvalue weighted by Gasteiger charge is -2.49. The van der Waals surface area contributed by atoms with Crippen LogP contribution in [-0.4, -0.2) is 43.3 Å². The Morgan fingerprint density at radius 2 is 1.94 bits per heavy atom. The van der Waals surface area contributed by atoms with Gasteiger partial charge in [0.05, 0.1) is 6.61 Å². The highest BCUT2D eigenvalue weighted by atomic mass is 16.5. The second-order valence-corrected chi connectivity index (χ2v) is 5.43. The van der Waals surface area contributed by atoms with Crippen LogP contribution in [0.2, 0.25) is 0 Å². The molecule has 0 aromatic carbocycles. The van der Waals surface area contributed by atoms with Gasteiger partial charge in [0.2, 0.25) is 0 Å². The minimum absolute atomic E-state index is 0.242. The van der Waals surface area contributed by atoms with Crippen LogP contribution in [0.15, 0.2) is 0 Å². The summed E-state index contributed by atoms with van der Waals surface area (Å²) in [6.45, 7) is 7.20. The number of rotatable bonds is 7. The van der Waals surface area contributed by atoms with Gasteiger partial charge < -0.3 is 10.5 Å². The minimum Gasteiger partial charge on any atom is -0.383 e. The topological polar surface area (TPSA) is 38.5 Å². The van der Waals surface area contributed by atoms with Crippen molar-refractivity contribution >= 4 is 0 Å². The van der Waals surface area contributed by atoms with Crippen molar-refractivity contribution in [2.45, 2.75) is 64.0 Å². The summed E-state index contributed by atoms with van der Waals surface area (Å²) >= 11 is 0. The smallest absolute Gasteiger partial charge is 0.0590 e. The Hall–Kier alpha value is -0.120. The van der Waals surface area contributed by atoms with Crippen molar-refractivity contribution < 1.29 is 4.74 Å². The molecule has 3 nitrogen and oxygen atoms in total. The van der Waals surface area contributed by atoms with Gasteiger partial charge in [-0.15, -0.1) is 0 Å². The van der Waals surface area contributed by atoms with Crippen LogP contribution >= 0.6 is 0 Å². The predicted molar refractivity (Wildman–Crippen MR) is 73.2 cm³/mol. The van der Waals surface area contributed by atoms with E-state index in [1.807, 2.05) is 0 Å². The molecule has 0 bridgehead atoms. The monoisotopic (exact) mass is 242 g/mol. The van der Waals surface area contributed by atoms with E-state index in [1.165, 1.54) is 38.5 Å². The summed E-state index contributed by atoms with van der Waals surface area (Å²) in [6, 6.07) is 0.604. The lowest BCUT2D eigenvalue weighted by molar-refractivity contribution is 0.00384. The summed E-state index contributed by atoms with van der Waals surface area (Å²) in [5, 5.41) is 0. The van der Waals surface area contributed by atoms with Crippen molar-refractivity contribution in [1.82, 2.24) is 4.90 Å². The van der Waals surface area contributed by atoms with Gasteiger partial charge in [-0.1, -0.05) is 26.2 Å². The molecule has 1 rings (SSSR count). The number of ether oxygens (including phenoxy) is 1. The van der Waals surface area contributed by atoms with Crippen LogP contribution in [-0.2, 0) is 4.74 Å². The Morgan fingerprint density at radius 3 is 2.41 bits per heavy atom. The third-order valence-corrected chi connectivity index (χ3v) is 4.43. The molecule has 0 aromatic heterocycles. The maximum atomic E-state index is 6.12. The lowest BCUT2D eigenvalue weighted by atomic mass is 9.79. The van der Waals surface area contributed by atoms with Gasteiger partial charge in [0, 0.05) is 31.8 Å². The van der Waals surface area contributed by atoms with E-state index < -0.39 is 0 Å². The van der Waals surface area contributed by atoms with E-state index in [-0.39, 0.29) is 5.54 Å². The van der Waals surface area contributed by atoms with Crippen LogP contribution in [0.4, 0.5) is 0 Å². The van der Waals surface area contributed by atoms with E-state index in [9.17, 15) is 0 Å². The van der Waals surface area contributed by atoms with Gasteiger partial charge in [0.1, 0.15) is 0 Å². The molecule has 1 aliphatic rings. The van der Waals surface area contributed by atoms with E-state index in [0.29, 0.717) is 6.04 Å². The number of methoxy groups -OCH3 is 1. The standard InChI is InChI=1S/C14H30N2O/c1-4-13(2)16(10-11-17-3)14(12-15)8-6-5-7-9-14/h13H,4-12,15H2,1-3H3. The highest BCUT2D eigenvalue weighted by molar-refractivity contribution is 4.95. The molecular weight excluding hydrogens is 212 g/mol. The van der Waals surface area contributed by atoms with Gasteiger partial charge in [-0.25, -0.2) is 0 Å². The Bertz CT molecular complexity index is 202. The fourth-order valence-corrected chi connectivity index (χ4v) is 3.15. The van der Waals surface area contributed by atoms with Crippen LogP contribution in [0.1, 0.15) is 52.4 Å². The molecule has 0 aliphatic heterocycles. The molecule has 102 valence electrons. The second kappa shape index (κ2) is 7.34. The number of nitrogens with two attached hydrogens (primary N) is 1. The van der Waals surface area contributed by atoms with E-state index >= 15 is 0 Å². The number of hydrogen-bond donors (Lipinski definition) is 1. The minimum atomic E-state index is 0.242. The number of hydrogen-bond acceptors (Lipinski definition) is 3. The van der Waals surface area contributed by atoms with Crippen molar-refractivity contribution in [3.8, 4) is 0 Å². The van der Waals surface area contributed by atoms with Gasteiger partial charge in [0.15, 0.2) is 0 Å². The molecule has 0 saturated heterocycles. The molecule has 0 amide bonds. The summed E-state index contributed by atoms with van der Waals surface area (Å²) in [4.78, 5) is 2.62. The molecule has 1 aliphatic carbocycles. The first-order valence-corrected chi connectivity index (χ1v) is 7.16. The normalized spacial score (nSPS) is 21.7. The quantitative estimate of drug-likeness (QED) is 0.745. The summed E-state index contributed by atoms with van der Waals surface area (Å²) in [5.74, 6) is 0. The van der Waals surface area contributed by atoms with E-state index in [0.717, 1.165) is 19.7 Å². The average Bonchev–Trinajstić information content (AvgIpc) is 2.39. The van der Waals surface area contributed by atoms with Crippen molar-refractivity contribution in [2.24, 2.45) is 5.73 Å². The highest BCUT2D eigenvalue weighted by Crippen LogP contribution is 2.34. The predicted octanol–water partition coefficient (Wildman–Crippen LogP) is 2.39. The number of nitrogens with zero attached hydrogens (tertiary/aromatic N) is 1. The van der Waals surface area contributed by atoms with Gasteiger partial charge in [-0.2, -0.15) is 0 Å². The Balaban J connectivity index is 2.75. The first kappa shape index (κ1) is 14.9. The van der Waals surface area contributed by atoms with Crippen LogP contribution in [0.25, 0.3) is 0 Å². The molecule has 1 unspecified atom stereocenters. The maximum absolute atomic E-state index is 6.12. The first-order valence-electron chi connectivity index (χ1n) is 7.16. The third-order valence-electron chi connectivity index (χ3n) is 4.43. The summed E-state index contributed by atoms with van der Waals surface area (Å²) in [5.41, 5.74) is 6.36. The zero-order chi connectivity index (χ0) is 12.7. The fraction of sp³-hybridized carbons (Fsp3) is 1.00. The van der Waals surface area contributed by atoms with E-state index in [2.05, 4.69) is 18.7 Å². The van der Waals surface area contributed by atoms with Crippen molar-refractivity contribution in [1.29, 1.82) is 0 Å². The molecule has 17 heavy (non-hydrogen) atoms. The molecule has 0 spiro atoms. The van der Waals surface area contributed by atoms with E-state index in [1.54, 1.807) is 7.11 Å². The van der Waals surface area contributed by atoms with Crippen LogP contribution in [0, 0.1) is 0 Å². The summed E-state index contributed by atoms with van der Waals surface area (Å²) in [7, 11) is 1.78. The molecule has 0 aromatic rings. The summed E-state index contributed by atoms with van der Waals surface area (Å²) < 4.78 is 5.26. The molecule has 1 atom stereocenters. The van der Waals surface area contributed by atoms with E-state index in [4.69, 9.17) is 10.5 Å². The Morgan fingerprint density at radius 1 is 1.29 bits per heavy atom. The van der Waals surface area contributed by atoms with Crippen LogP contribution < -0.4 is 5.73 Å². The van der Waals surface area contributed by atoms with Crippen molar-refractivity contribution in [3.05, 3.63) is 0 Å². The molecule has 1 saturated carbocycles. The van der Waals surface area contributed by atoms with Crippen LogP contribution in [0.5, 0.6) is 0 Å². The summed E-state index contributed by atoms with van der Waals surface area (Å²) in [6.07, 6.45) is 7.75. The zero-order valence-electron chi connectivity index (χ0n) is 11.9. The van der Waals surface area contributed by atoms with Gasteiger partial charge in [0.25, 0.3) is 0 Å². The SMILES string of the molecule is CCC(C)N(CCOC)C1(CN)CCCCC1. The second-order valence-electron chi connectivity index (χ2n) is 5.43. The van der Waals surface area contributed by atoms with Gasteiger partial charge in [-0.05, 0) is 26.2 Å². The third kappa shape index (κ3) is 3.67. The molecule has 2 N–H and O–H groups in total. The Kier molecular flexibility index (Phi) is 6.45. The average molecular weight is 242 g/mol. The largest absolute Gasteiger partial charge is 0.383 e. The molecule has 1 fully saturated rings. The Labute approximate surface area is 107 Å². The maximum Gasteiger partial charge on any atom is 0.0590 e. The molecular formula is C14H30N2O. The lowest BCUT2D eigenvalue weighted by Crippen LogP contribution is -2.58. The van der Waals surface area contributed by atoms with Crippen LogP contribution in [0.3, 0.4) is 0 Å². The van der Waals surface area contributed by atoms with Gasteiger partial charge >= 0.3 is 0 Å². The zero-order valence-corrected chi connectivity index (χ0v) is 11.9. The molecule has 3 heteroatoms. The van der Waals surface area contributed by atoms with Gasteiger partial charge in [-0.3, -0.25) is 4.90 Å².